The predicted octanol–water partition coefficient (Wildman–Crippen LogP) is 1.88. The minimum atomic E-state index is -0.684. The Bertz CT molecular complexity index is 459. The van der Waals surface area contributed by atoms with Gasteiger partial charge in [-0.3, -0.25) is 4.79 Å². The van der Waals surface area contributed by atoms with Gasteiger partial charge >= 0.3 is 0 Å². The van der Waals surface area contributed by atoms with Gasteiger partial charge in [0, 0.05) is 0 Å². The Labute approximate surface area is 94.7 Å². The lowest BCUT2D eigenvalue weighted by Crippen LogP contribution is -2.41. The van der Waals surface area contributed by atoms with Gasteiger partial charge < -0.3 is 9.73 Å². The molecule has 1 aromatic heterocycles. The highest BCUT2D eigenvalue weighted by Crippen LogP contribution is 2.27. The maximum atomic E-state index is 11.9. The molecule has 16 heavy (non-hydrogen) atoms. The summed E-state index contributed by atoms with van der Waals surface area (Å²) in [6.45, 7) is 7.68. The molecule has 1 N–H and O–H groups in total. The standard InChI is InChI=1S/C12H16N2O2/c1-7(2)12(4)11(15)13-10(14-12)9-6-5-8(3)16-9/h5-7H,1-4H3,(H,13,14,15). The SMILES string of the molecule is Cc1ccc(C2=NC(C)(C(C)C)C(=O)N2)o1. The predicted molar refractivity (Wildman–Crippen MR) is 61.4 cm³/mol. The molecule has 1 atom stereocenters. The molecule has 1 aliphatic heterocycles. The molecule has 0 spiro atoms. The van der Waals surface area contributed by atoms with Crippen LogP contribution in [0.25, 0.3) is 0 Å². The number of aliphatic imine (C=N–C) groups is 1. The lowest BCUT2D eigenvalue weighted by Gasteiger charge is -2.21. The van der Waals surface area contributed by atoms with Gasteiger partial charge in [0.25, 0.3) is 5.91 Å². The largest absolute Gasteiger partial charge is 0.458 e. The van der Waals surface area contributed by atoms with Crippen LogP contribution in [-0.4, -0.2) is 17.3 Å². The molecule has 1 aliphatic rings. The lowest BCUT2D eigenvalue weighted by atomic mass is 9.89. The topological polar surface area (TPSA) is 54.6 Å². The van der Waals surface area contributed by atoms with Gasteiger partial charge in [-0.15, -0.1) is 0 Å². The van der Waals surface area contributed by atoms with Crippen molar-refractivity contribution in [3.05, 3.63) is 23.7 Å². The molecule has 0 aromatic carbocycles. The maximum absolute atomic E-state index is 11.9. The number of rotatable bonds is 2. The van der Waals surface area contributed by atoms with Crippen molar-refractivity contribution < 1.29 is 9.21 Å². The summed E-state index contributed by atoms with van der Waals surface area (Å²) in [4.78, 5) is 16.3. The molecule has 0 radical (unpaired) electrons. The van der Waals surface area contributed by atoms with Crippen molar-refractivity contribution in [1.29, 1.82) is 0 Å². The van der Waals surface area contributed by atoms with Gasteiger partial charge in [0.05, 0.1) is 0 Å². The first-order chi connectivity index (χ1) is 7.43. The fraction of sp³-hybridized carbons (Fsp3) is 0.500. The van der Waals surface area contributed by atoms with Gasteiger partial charge in [0.15, 0.2) is 11.6 Å². The van der Waals surface area contributed by atoms with Crippen molar-refractivity contribution in [1.82, 2.24) is 5.32 Å². The number of amides is 1. The van der Waals surface area contributed by atoms with Crippen molar-refractivity contribution in [2.24, 2.45) is 10.9 Å². The molecular weight excluding hydrogens is 204 g/mol. The van der Waals surface area contributed by atoms with Gasteiger partial charge in [0.2, 0.25) is 0 Å². The molecule has 1 amide bonds. The van der Waals surface area contributed by atoms with Crippen molar-refractivity contribution in [2.75, 3.05) is 0 Å². The Morgan fingerprint density at radius 1 is 1.44 bits per heavy atom. The Hall–Kier alpha value is -1.58. The van der Waals surface area contributed by atoms with Gasteiger partial charge in [-0.2, -0.15) is 0 Å². The highest BCUT2D eigenvalue weighted by Gasteiger charge is 2.42. The first-order valence-electron chi connectivity index (χ1n) is 5.41. The van der Waals surface area contributed by atoms with Crippen LogP contribution in [0.1, 0.15) is 32.3 Å². The van der Waals surface area contributed by atoms with E-state index >= 15 is 0 Å². The monoisotopic (exact) mass is 220 g/mol. The molecule has 0 saturated carbocycles. The lowest BCUT2D eigenvalue weighted by molar-refractivity contribution is -0.124. The summed E-state index contributed by atoms with van der Waals surface area (Å²) in [6, 6.07) is 3.68. The van der Waals surface area contributed by atoms with Crippen LogP contribution in [0.4, 0.5) is 0 Å². The number of carbonyl (C=O) groups is 1. The highest BCUT2D eigenvalue weighted by atomic mass is 16.3. The molecular formula is C12H16N2O2. The Morgan fingerprint density at radius 3 is 2.56 bits per heavy atom. The first kappa shape index (κ1) is 10.9. The summed E-state index contributed by atoms with van der Waals surface area (Å²) in [5.41, 5.74) is -0.684. The van der Waals surface area contributed by atoms with Crippen molar-refractivity contribution in [2.45, 2.75) is 33.2 Å². The molecule has 1 unspecified atom stereocenters. The zero-order chi connectivity index (χ0) is 11.9. The fourth-order valence-electron chi connectivity index (χ4n) is 1.61. The number of furan rings is 1. The average molecular weight is 220 g/mol. The third kappa shape index (κ3) is 1.54. The fourth-order valence-corrected chi connectivity index (χ4v) is 1.61. The van der Waals surface area contributed by atoms with Gasteiger partial charge in [-0.1, -0.05) is 13.8 Å². The number of carbonyl (C=O) groups excluding carboxylic acids is 1. The van der Waals surface area contributed by atoms with E-state index in [4.69, 9.17) is 4.42 Å². The number of hydrogen-bond acceptors (Lipinski definition) is 3. The van der Waals surface area contributed by atoms with Crippen LogP contribution in [0.2, 0.25) is 0 Å². The molecule has 2 heterocycles. The van der Waals surface area contributed by atoms with Crippen molar-refractivity contribution in [3.63, 3.8) is 0 Å². The summed E-state index contributed by atoms with van der Waals surface area (Å²) >= 11 is 0. The molecule has 4 heteroatoms. The molecule has 0 saturated heterocycles. The zero-order valence-corrected chi connectivity index (χ0v) is 10.00. The summed E-state index contributed by atoms with van der Waals surface area (Å²) in [6.07, 6.45) is 0. The number of nitrogens with zero attached hydrogens (tertiary/aromatic N) is 1. The van der Waals surface area contributed by atoms with Gasteiger partial charge in [0.1, 0.15) is 11.3 Å². The van der Waals surface area contributed by atoms with Crippen LogP contribution in [0.5, 0.6) is 0 Å². The van der Waals surface area contributed by atoms with E-state index in [1.165, 1.54) is 0 Å². The molecule has 4 nitrogen and oxygen atoms in total. The minimum Gasteiger partial charge on any atom is -0.458 e. The van der Waals surface area contributed by atoms with Crippen LogP contribution in [0.15, 0.2) is 21.5 Å². The second-order valence-corrected chi connectivity index (χ2v) is 4.63. The molecule has 86 valence electrons. The van der Waals surface area contributed by atoms with Crippen LogP contribution in [0.3, 0.4) is 0 Å². The van der Waals surface area contributed by atoms with Gasteiger partial charge in [-0.25, -0.2) is 4.99 Å². The zero-order valence-electron chi connectivity index (χ0n) is 10.00. The van der Waals surface area contributed by atoms with Crippen LogP contribution in [0, 0.1) is 12.8 Å². The van der Waals surface area contributed by atoms with E-state index in [-0.39, 0.29) is 11.8 Å². The van der Waals surface area contributed by atoms with E-state index < -0.39 is 5.54 Å². The number of hydrogen-bond donors (Lipinski definition) is 1. The minimum absolute atomic E-state index is 0.0634. The first-order valence-corrected chi connectivity index (χ1v) is 5.41. The van der Waals surface area contributed by atoms with Crippen LogP contribution >= 0.6 is 0 Å². The number of amidine groups is 1. The normalized spacial score (nSPS) is 24.8. The molecule has 1 aromatic rings. The summed E-state index contributed by atoms with van der Waals surface area (Å²) in [5.74, 6) is 2.06. The summed E-state index contributed by atoms with van der Waals surface area (Å²) in [7, 11) is 0. The highest BCUT2D eigenvalue weighted by molar-refractivity contribution is 6.14. The summed E-state index contributed by atoms with van der Waals surface area (Å²) in [5, 5.41) is 2.77. The van der Waals surface area contributed by atoms with E-state index in [1.54, 1.807) is 0 Å². The van der Waals surface area contributed by atoms with E-state index in [9.17, 15) is 4.79 Å². The Morgan fingerprint density at radius 2 is 2.12 bits per heavy atom. The van der Waals surface area contributed by atoms with Gasteiger partial charge in [-0.05, 0) is 31.9 Å². The Kier molecular flexibility index (Phi) is 2.37. The van der Waals surface area contributed by atoms with E-state index in [1.807, 2.05) is 39.8 Å². The number of aryl methyl sites for hydroxylation is 1. The van der Waals surface area contributed by atoms with E-state index in [0.29, 0.717) is 11.6 Å². The van der Waals surface area contributed by atoms with Crippen molar-refractivity contribution >= 4 is 11.7 Å². The van der Waals surface area contributed by atoms with E-state index in [0.717, 1.165) is 5.76 Å². The number of nitrogens with one attached hydrogen (secondary N) is 1. The maximum Gasteiger partial charge on any atom is 0.253 e. The third-order valence-corrected chi connectivity index (χ3v) is 3.13. The van der Waals surface area contributed by atoms with Crippen molar-refractivity contribution in [3.8, 4) is 0 Å². The summed E-state index contributed by atoms with van der Waals surface area (Å²) < 4.78 is 5.44. The quantitative estimate of drug-likeness (QED) is 0.827. The third-order valence-electron chi connectivity index (χ3n) is 3.13. The van der Waals surface area contributed by atoms with E-state index in [2.05, 4.69) is 10.3 Å². The second-order valence-electron chi connectivity index (χ2n) is 4.63. The molecule has 0 bridgehead atoms. The molecule has 0 fully saturated rings. The Balaban J connectivity index is 2.37. The second kappa shape index (κ2) is 3.47. The molecule has 0 aliphatic carbocycles. The molecule has 2 rings (SSSR count). The van der Waals surface area contributed by atoms with Crippen LogP contribution < -0.4 is 5.32 Å². The smallest absolute Gasteiger partial charge is 0.253 e. The average Bonchev–Trinajstić information content (AvgIpc) is 2.73. The van der Waals surface area contributed by atoms with Crippen LogP contribution in [-0.2, 0) is 4.79 Å².